The molecule has 48 heavy (non-hydrogen) atoms. The predicted octanol–water partition coefficient (Wildman–Crippen LogP) is 12.1. The maximum atomic E-state index is 2.56. The fourth-order valence-electron chi connectivity index (χ4n) is 10.7. The predicted molar refractivity (Wildman–Crippen MR) is 203 cm³/mol. The SMILES string of the molecule is C1=CC2C3=C4C(=CCC3)c3cccc5c3C4(c3cccc(CC(CCc4ccccc4)c4cccc6sc7ccccc7c46)c3-5)C2C=C1. The van der Waals surface area contributed by atoms with Crippen molar-refractivity contribution in [1.29, 1.82) is 0 Å². The molecule has 0 nitrogen and oxygen atoms in total. The van der Waals surface area contributed by atoms with E-state index < -0.39 is 0 Å². The third-order valence-electron chi connectivity index (χ3n) is 12.3. The Morgan fingerprint density at radius 1 is 0.750 bits per heavy atom. The molecule has 0 fully saturated rings. The van der Waals surface area contributed by atoms with Gasteiger partial charge in [0.2, 0.25) is 0 Å². The van der Waals surface area contributed by atoms with Gasteiger partial charge in [0.05, 0.1) is 5.41 Å². The second-order valence-electron chi connectivity index (χ2n) is 14.5. The van der Waals surface area contributed by atoms with Gasteiger partial charge in [0, 0.05) is 32.0 Å². The number of thiophene rings is 1. The molecule has 5 aliphatic rings. The summed E-state index contributed by atoms with van der Waals surface area (Å²) in [7, 11) is 0. The number of fused-ring (bicyclic) bond motifs is 8. The van der Waals surface area contributed by atoms with Crippen molar-refractivity contribution < 1.29 is 0 Å². The third-order valence-corrected chi connectivity index (χ3v) is 13.5. The Hall–Kier alpha value is -4.72. The highest BCUT2D eigenvalue weighted by Crippen LogP contribution is 2.73. The average Bonchev–Trinajstić information content (AvgIpc) is 3.86. The van der Waals surface area contributed by atoms with Crippen LogP contribution in [-0.4, -0.2) is 0 Å². The molecule has 1 heterocycles. The van der Waals surface area contributed by atoms with Crippen molar-refractivity contribution in [1.82, 2.24) is 0 Å². The van der Waals surface area contributed by atoms with Gasteiger partial charge in [-0.05, 0) is 106 Å². The van der Waals surface area contributed by atoms with Crippen molar-refractivity contribution in [2.75, 3.05) is 0 Å². The molecule has 6 aromatic rings. The molecular formula is C47H36S. The number of rotatable bonds is 6. The highest BCUT2D eigenvalue weighted by atomic mass is 32.1. The van der Waals surface area contributed by atoms with Gasteiger partial charge in [-0.15, -0.1) is 11.3 Å². The highest BCUT2D eigenvalue weighted by molar-refractivity contribution is 7.25. The standard InChI is InChI=1S/C47H36S/c1-2-12-29(13-3-1)26-27-30(32-17-11-25-42-44(32)37-16-5-7-24-41(37)48-42)28-31-14-8-23-40-43(31)38-21-10-20-36-35-19-9-18-34-33-15-4-6-22-39(33)47(40,45(34)35)46(36)38/h1-8,10-17,19-25,30,33,39H,9,18,26-28H2. The van der Waals surface area contributed by atoms with Crippen LogP contribution >= 0.6 is 11.3 Å². The van der Waals surface area contributed by atoms with E-state index in [0.29, 0.717) is 17.8 Å². The van der Waals surface area contributed by atoms with Gasteiger partial charge in [-0.25, -0.2) is 0 Å². The van der Waals surface area contributed by atoms with Crippen LogP contribution in [0.25, 0.3) is 36.9 Å². The van der Waals surface area contributed by atoms with Crippen LogP contribution in [0.4, 0.5) is 0 Å². The van der Waals surface area contributed by atoms with Crippen LogP contribution < -0.4 is 0 Å². The molecule has 1 spiro atoms. The van der Waals surface area contributed by atoms with Crippen LogP contribution in [0.5, 0.6) is 0 Å². The molecule has 0 saturated heterocycles. The molecule has 0 bridgehead atoms. The highest BCUT2D eigenvalue weighted by Gasteiger charge is 2.63. The Bertz CT molecular complexity index is 2450. The van der Waals surface area contributed by atoms with Gasteiger partial charge in [0.25, 0.3) is 0 Å². The van der Waals surface area contributed by atoms with E-state index >= 15 is 0 Å². The second-order valence-corrected chi connectivity index (χ2v) is 15.6. The van der Waals surface area contributed by atoms with Gasteiger partial charge < -0.3 is 0 Å². The van der Waals surface area contributed by atoms with E-state index in [1.54, 1.807) is 22.3 Å². The number of hydrogen-bond acceptors (Lipinski definition) is 1. The normalized spacial score (nSPS) is 23.0. The smallest absolute Gasteiger partial charge is 0.0546 e. The van der Waals surface area contributed by atoms with Crippen LogP contribution in [0.15, 0.2) is 151 Å². The molecule has 5 aliphatic carbocycles. The molecule has 1 heteroatoms. The molecule has 0 radical (unpaired) electrons. The largest absolute Gasteiger partial charge is 0.135 e. The van der Waals surface area contributed by atoms with Gasteiger partial charge in [-0.1, -0.05) is 133 Å². The van der Waals surface area contributed by atoms with Gasteiger partial charge in [-0.3, -0.25) is 0 Å². The summed E-state index contributed by atoms with van der Waals surface area (Å²) in [5, 5.41) is 2.87. The van der Waals surface area contributed by atoms with Gasteiger partial charge in [0.1, 0.15) is 0 Å². The summed E-state index contributed by atoms with van der Waals surface area (Å²) in [6.07, 6.45) is 17.8. The fourth-order valence-corrected chi connectivity index (χ4v) is 11.8. The lowest BCUT2D eigenvalue weighted by atomic mass is 9.66. The molecule has 230 valence electrons. The van der Waals surface area contributed by atoms with E-state index in [-0.39, 0.29) is 5.41 Å². The monoisotopic (exact) mass is 632 g/mol. The van der Waals surface area contributed by atoms with E-state index in [1.165, 1.54) is 65.5 Å². The van der Waals surface area contributed by atoms with Crippen LogP contribution in [0.1, 0.15) is 58.6 Å². The van der Waals surface area contributed by atoms with Crippen LogP contribution in [0.2, 0.25) is 0 Å². The number of aryl methyl sites for hydroxylation is 1. The van der Waals surface area contributed by atoms with Crippen molar-refractivity contribution in [2.45, 2.75) is 43.4 Å². The molecular weight excluding hydrogens is 597 g/mol. The summed E-state index contributed by atoms with van der Waals surface area (Å²) >= 11 is 1.94. The molecule has 4 unspecified atom stereocenters. The van der Waals surface area contributed by atoms with Crippen molar-refractivity contribution in [3.05, 3.63) is 184 Å². The summed E-state index contributed by atoms with van der Waals surface area (Å²) in [4.78, 5) is 0. The molecule has 0 amide bonds. The minimum absolute atomic E-state index is 0.0616. The number of allylic oxidation sites excluding steroid dienone is 8. The molecule has 0 saturated carbocycles. The van der Waals surface area contributed by atoms with Gasteiger partial charge in [-0.2, -0.15) is 0 Å². The first-order chi connectivity index (χ1) is 23.8. The molecule has 5 aromatic carbocycles. The molecule has 11 rings (SSSR count). The van der Waals surface area contributed by atoms with E-state index in [2.05, 4.69) is 140 Å². The zero-order valence-electron chi connectivity index (χ0n) is 27.0. The summed E-state index contributed by atoms with van der Waals surface area (Å²) < 4.78 is 2.80. The minimum atomic E-state index is -0.0616. The Balaban J connectivity index is 1.11. The first-order valence-electron chi connectivity index (χ1n) is 17.8. The second kappa shape index (κ2) is 10.1. The molecule has 0 N–H and O–H groups in total. The third kappa shape index (κ3) is 3.50. The van der Waals surface area contributed by atoms with Crippen molar-refractivity contribution in [3.63, 3.8) is 0 Å². The Labute approximate surface area is 286 Å². The summed E-state index contributed by atoms with van der Waals surface area (Å²) in [5.74, 6) is 1.36. The quantitative estimate of drug-likeness (QED) is 0.171. The first kappa shape index (κ1) is 27.3. The lowest BCUT2D eigenvalue weighted by Crippen LogP contribution is -2.32. The lowest BCUT2D eigenvalue weighted by molar-refractivity contribution is 0.436. The van der Waals surface area contributed by atoms with Crippen molar-refractivity contribution >= 4 is 37.1 Å². The topological polar surface area (TPSA) is 0 Å². The number of hydrogen-bond donors (Lipinski definition) is 0. The number of benzene rings is 5. The Kier molecular flexibility index (Phi) is 5.76. The van der Waals surface area contributed by atoms with Gasteiger partial charge >= 0.3 is 0 Å². The first-order valence-corrected chi connectivity index (χ1v) is 18.6. The summed E-state index contributed by atoms with van der Waals surface area (Å²) in [5.41, 5.74) is 17.0. The van der Waals surface area contributed by atoms with Crippen LogP contribution in [-0.2, 0) is 18.3 Å². The molecule has 0 aliphatic heterocycles. The Morgan fingerprint density at radius 3 is 2.52 bits per heavy atom. The minimum Gasteiger partial charge on any atom is -0.135 e. The average molecular weight is 633 g/mol. The van der Waals surface area contributed by atoms with Crippen LogP contribution in [0, 0.1) is 11.8 Å². The van der Waals surface area contributed by atoms with Crippen molar-refractivity contribution in [2.24, 2.45) is 11.8 Å². The van der Waals surface area contributed by atoms with Crippen LogP contribution in [0.3, 0.4) is 0 Å². The maximum absolute atomic E-state index is 2.56. The molecule has 4 atom stereocenters. The zero-order chi connectivity index (χ0) is 31.4. The summed E-state index contributed by atoms with van der Waals surface area (Å²) in [6, 6.07) is 41.8. The van der Waals surface area contributed by atoms with Crippen molar-refractivity contribution in [3.8, 4) is 11.1 Å². The maximum Gasteiger partial charge on any atom is 0.0546 e. The zero-order valence-corrected chi connectivity index (χ0v) is 27.8. The Morgan fingerprint density at radius 2 is 1.56 bits per heavy atom. The van der Waals surface area contributed by atoms with Gasteiger partial charge in [0.15, 0.2) is 0 Å². The summed E-state index contributed by atoms with van der Waals surface area (Å²) in [6.45, 7) is 0. The van der Waals surface area contributed by atoms with E-state index in [4.69, 9.17) is 0 Å². The van der Waals surface area contributed by atoms with E-state index in [9.17, 15) is 0 Å². The van der Waals surface area contributed by atoms with E-state index in [1.807, 2.05) is 11.3 Å². The van der Waals surface area contributed by atoms with E-state index in [0.717, 1.165) is 25.7 Å². The fraction of sp³-hybridized carbons (Fsp3) is 0.191. The lowest BCUT2D eigenvalue weighted by Gasteiger charge is -2.35. The molecule has 1 aromatic heterocycles.